The number of likely N-dealkylation sites (tertiary alicyclic amines) is 1. The van der Waals surface area contributed by atoms with E-state index < -0.39 is 12.1 Å². The zero-order valence-electron chi connectivity index (χ0n) is 21.3. The summed E-state index contributed by atoms with van der Waals surface area (Å²) in [6, 6.07) is 20.0. The van der Waals surface area contributed by atoms with Gasteiger partial charge in [-0.05, 0) is 92.7 Å². The molecule has 1 aliphatic heterocycles. The van der Waals surface area contributed by atoms with Crippen LogP contribution in [0.2, 0.25) is 0 Å². The number of carbonyl (C=O) groups is 1. The second kappa shape index (κ2) is 13.3. The van der Waals surface area contributed by atoms with Crippen LogP contribution in [0.5, 0.6) is 0 Å². The third kappa shape index (κ3) is 7.98. The van der Waals surface area contributed by atoms with E-state index in [9.17, 15) is 14.3 Å². The van der Waals surface area contributed by atoms with E-state index in [0.29, 0.717) is 18.7 Å². The molecule has 1 fully saturated rings. The first-order chi connectivity index (χ1) is 17.2. The second-order valence-electron chi connectivity index (χ2n) is 9.36. The summed E-state index contributed by atoms with van der Waals surface area (Å²) in [5.41, 5.74) is 4.93. The van der Waals surface area contributed by atoms with Crippen molar-refractivity contribution in [3.05, 3.63) is 94.8 Å². The van der Waals surface area contributed by atoms with Crippen LogP contribution in [0.3, 0.4) is 0 Å². The van der Waals surface area contributed by atoms with Crippen LogP contribution in [-0.4, -0.2) is 53.4 Å². The summed E-state index contributed by atoms with van der Waals surface area (Å²) in [7, 11) is 0. The van der Waals surface area contributed by atoms with E-state index >= 15 is 0 Å². The van der Waals surface area contributed by atoms with Gasteiger partial charge in [0.1, 0.15) is 5.82 Å². The third-order valence-corrected chi connectivity index (χ3v) is 6.38. The molecule has 1 heterocycles. The molecule has 2 unspecified atom stereocenters. The number of carboxylic acids is 1. The number of rotatable bonds is 8. The highest BCUT2D eigenvalue weighted by molar-refractivity contribution is 5.88. The first kappa shape index (κ1) is 27.5. The number of aliphatic hydroxyl groups excluding tert-OH is 1. The van der Waals surface area contributed by atoms with Crippen molar-refractivity contribution in [3.8, 4) is 11.1 Å². The van der Waals surface area contributed by atoms with Crippen molar-refractivity contribution < 1.29 is 24.1 Å². The Kier molecular flexibility index (Phi) is 10.2. The highest BCUT2D eigenvalue weighted by Crippen LogP contribution is 2.30. The van der Waals surface area contributed by atoms with Crippen LogP contribution in [0.25, 0.3) is 11.1 Å². The van der Waals surface area contributed by atoms with Gasteiger partial charge >= 0.3 is 5.97 Å². The lowest BCUT2D eigenvalue weighted by atomic mass is 9.96. The van der Waals surface area contributed by atoms with Crippen LogP contribution in [0.4, 0.5) is 4.39 Å². The molecule has 0 spiro atoms. The average molecular weight is 494 g/mol. The Hall–Kier alpha value is -3.06. The van der Waals surface area contributed by atoms with Crippen molar-refractivity contribution in [2.24, 2.45) is 0 Å². The molecule has 0 aliphatic carbocycles. The van der Waals surface area contributed by atoms with E-state index in [2.05, 4.69) is 4.90 Å². The lowest BCUT2D eigenvalue weighted by Gasteiger charge is -2.22. The number of aromatic carboxylic acids is 1. The lowest BCUT2D eigenvalue weighted by molar-refractivity contribution is -0.0131. The Labute approximate surface area is 213 Å². The molecule has 1 saturated heterocycles. The number of aryl methyl sites for hydroxylation is 2. The number of carboxylic acid groups (broad SMARTS) is 1. The Morgan fingerprint density at radius 2 is 1.69 bits per heavy atom. The predicted octanol–water partition coefficient (Wildman–Crippen LogP) is 6.03. The Balaban J connectivity index is 0.000000338. The number of benzene rings is 3. The van der Waals surface area contributed by atoms with Gasteiger partial charge < -0.3 is 19.8 Å². The van der Waals surface area contributed by atoms with Gasteiger partial charge in [0, 0.05) is 6.54 Å². The van der Waals surface area contributed by atoms with Crippen LogP contribution in [-0.2, 0) is 4.74 Å². The molecule has 4 rings (SSSR count). The normalized spacial score (nSPS) is 15.1. The molecule has 3 aromatic rings. The molecule has 0 saturated carbocycles. The largest absolute Gasteiger partial charge is 0.478 e. The molecule has 5 nitrogen and oxygen atoms in total. The summed E-state index contributed by atoms with van der Waals surface area (Å²) in [6.45, 7) is 8.68. The molecule has 0 radical (unpaired) electrons. The molecule has 3 aromatic carbocycles. The van der Waals surface area contributed by atoms with E-state index in [4.69, 9.17) is 9.84 Å². The van der Waals surface area contributed by atoms with Crippen LogP contribution in [0, 0.1) is 19.7 Å². The van der Waals surface area contributed by atoms with Gasteiger partial charge in [0.15, 0.2) is 0 Å². The molecule has 2 atom stereocenters. The van der Waals surface area contributed by atoms with Crippen molar-refractivity contribution in [1.29, 1.82) is 0 Å². The van der Waals surface area contributed by atoms with Crippen molar-refractivity contribution in [3.63, 3.8) is 0 Å². The minimum atomic E-state index is -0.932. The first-order valence-corrected chi connectivity index (χ1v) is 12.4. The highest BCUT2D eigenvalue weighted by Gasteiger charge is 2.18. The average Bonchev–Trinajstić information content (AvgIpc) is 3.38. The van der Waals surface area contributed by atoms with Crippen LogP contribution in [0.15, 0.2) is 66.7 Å². The van der Waals surface area contributed by atoms with E-state index in [1.807, 2.05) is 56.3 Å². The molecular formula is C30H36FNO4. The molecule has 2 N–H and O–H groups in total. The number of hydrogen-bond donors (Lipinski definition) is 2. The van der Waals surface area contributed by atoms with Crippen molar-refractivity contribution in [2.75, 3.05) is 26.2 Å². The van der Waals surface area contributed by atoms with Crippen molar-refractivity contribution >= 4 is 5.97 Å². The zero-order chi connectivity index (χ0) is 26.1. The molecule has 192 valence electrons. The number of halogens is 1. The van der Waals surface area contributed by atoms with Gasteiger partial charge in [-0.2, -0.15) is 0 Å². The maximum absolute atomic E-state index is 12.6. The molecular weight excluding hydrogens is 457 g/mol. The zero-order valence-corrected chi connectivity index (χ0v) is 21.3. The predicted molar refractivity (Wildman–Crippen MR) is 141 cm³/mol. The van der Waals surface area contributed by atoms with Gasteiger partial charge in [-0.25, -0.2) is 9.18 Å². The standard InChI is InChI=1S/C22H27NO4.C8H9F/c1-16(27-15-19(24)14-23-12-4-5-13-23)20-6-2-3-7-21(20)17-8-10-18(11-9-17)22(25)26;1-6-3-4-7(2)8(9)5-6/h2-3,6-11,16,19,24H,4-5,12-15H2,1H3,(H,25,26);3-5H,1-2H3. The van der Waals surface area contributed by atoms with Gasteiger partial charge in [0.25, 0.3) is 0 Å². The molecule has 36 heavy (non-hydrogen) atoms. The quantitative estimate of drug-likeness (QED) is 0.401. The molecule has 6 heteroatoms. The molecule has 0 aromatic heterocycles. The van der Waals surface area contributed by atoms with E-state index in [1.54, 1.807) is 25.1 Å². The maximum Gasteiger partial charge on any atom is 0.335 e. The maximum atomic E-state index is 12.6. The highest BCUT2D eigenvalue weighted by atomic mass is 19.1. The molecule has 0 bridgehead atoms. The van der Waals surface area contributed by atoms with Crippen LogP contribution < -0.4 is 0 Å². The fourth-order valence-electron chi connectivity index (χ4n) is 4.27. The number of hydrogen-bond acceptors (Lipinski definition) is 4. The summed E-state index contributed by atoms with van der Waals surface area (Å²) in [6.07, 6.45) is 1.75. The van der Waals surface area contributed by atoms with E-state index in [0.717, 1.165) is 35.3 Å². The molecule has 0 amide bonds. The fraction of sp³-hybridized carbons (Fsp3) is 0.367. The second-order valence-corrected chi connectivity index (χ2v) is 9.36. The monoisotopic (exact) mass is 493 g/mol. The van der Waals surface area contributed by atoms with E-state index in [-0.39, 0.29) is 17.5 Å². The van der Waals surface area contributed by atoms with Gasteiger partial charge in [0.2, 0.25) is 0 Å². The summed E-state index contributed by atoms with van der Waals surface area (Å²) in [5, 5.41) is 19.3. The van der Waals surface area contributed by atoms with Gasteiger partial charge in [-0.3, -0.25) is 0 Å². The Bertz CT molecular complexity index is 1130. The third-order valence-electron chi connectivity index (χ3n) is 6.38. The van der Waals surface area contributed by atoms with Crippen molar-refractivity contribution in [1.82, 2.24) is 4.90 Å². The van der Waals surface area contributed by atoms with Gasteiger partial charge in [-0.15, -0.1) is 0 Å². The summed E-state index contributed by atoms with van der Waals surface area (Å²) in [5.74, 6) is -1.05. The van der Waals surface area contributed by atoms with Crippen molar-refractivity contribution in [2.45, 2.75) is 45.8 Å². The number of β-amino-alcohol motifs (C(OH)–C–C–N with tert-alkyl or cyclic N) is 1. The Morgan fingerprint density at radius 1 is 1.03 bits per heavy atom. The fourth-order valence-corrected chi connectivity index (χ4v) is 4.27. The Morgan fingerprint density at radius 3 is 2.31 bits per heavy atom. The first-order valence-electron chi connectivity index (χ1n) is 12.4. The SMILES string of the molecule is CC(OCC(O)CN1CCCC1)c1ccccc1-c1ccc(C(=O)O)cc1.Cc1ccc(C)c(F)c1. The smallest absolute Gasteiger partial charge is 0.335 e. The lowest BCUT2D eigenvalue weighted by Crippen LogP contribution is -2.33. The number of aliphatic hydroxyl groups is 1. The van der Waals surface area contributed by atoms with Crippen LogP contribution in [0.1, 0.15) is 52.9 Å². The van der Waals surface area contributed by atoms with Gasteiger partial charge in [0.05, 0.1) is 24.4 Å². The molecule has 1 aliphatic rings. The number of ether oxygens (including phenoxy) is 1. The topological polar surface area (TPSA) is 70.0 Å². The summed E-state index contributed by atoms with van der Waals surface area (Å²) >= 11 is 0. The summed E-state index contributed by atoms with van der Waals surface area (Å²) < 4.78 is 18.5. The van der Waals surface area contributed by atoms with Crippen LogP contribution >= 0.6 is 0 Å². The van der Waals surface area contributed by atoms with Gasteiger partial charge in [-0.1, -0.05) is 48.5 Å². The number of nitrogens with zero attached hydrogens (tertiary/aromatic N) is 1. The van der Waals surface area contributed by atoms with E-state index in [1.165, 1.54) is 18.9 Å². The summed E-state index contributed by atoms with van der Waals surface area (Å²) in [4.78, 5) is 13.3. The minimum Gasteiger partial charge on any atom is -0.478 e. The minimum absolute atomic E-state index is 0.116.